The van der Waals surface area contributed by atoms with Crippen LogP contribution in [0.25, 0.3) is 0 Å². The standard InChI is InChI=1S/C15H10ClF3N2OS/c16-10-6-7-12(11(8-10)15(17,18)19)20-14(23)21-13(22)9-4-2-1-3-5-9/h1-8H,(H2,20,21,22,23). The number of halogens is 4. The van der Waals surface area contributed by atoms with Gasteiger partial charge < -0.3 is 5.32 Å². The summed E-state index contributed by atoms with van der Waals surface area (Å²) in [5.74, 6) is -0.523. The van der Waals surface area contributed by atoms with Crippen molar-refractivity contribution in [3.63, 3.8) is 0 Å². The lowest BCUT2D eigenvalue weighted by Gasteiger charge is -2.15. The summed E-state index contributed by atoms with van der Waals surface area (Å²) in [6, 6.07) is 11.4. The van der Waals surface area contributed by atoms with Crippen LogP contribution < -0.4 is 10.6 Å². The van der Waals surface area contributed by atoms with Crippen LogP contribution in [0.4, 0.5) is 18.9 Å². The highest BCUT2D eigenvalue weighted by Gasteiger charge is 2.34. The van der Waals surface area contributed by atoms with Crippen molar-refractivity contribution in [2.24, 2.45) is 0 Å². The Bertz CT molecular complexity index is 735. The topological polar surface area (TPSA) is 41.1 Å². The minimum Gasteiger partial charge on any atom is -0.332 e. The van der Waals surface area contributed by atoms with E-state index < -0.39 is 17.6 Å². The zero-order valence-corrected chi connectivity index (χ0v) is 13.0. The van der Waals surface area contributed by atoms with Crippen LogP contribution in [-0.4, -0.2) is 11.0 Å². The first-order valence-corrected chi connectivity index (χ1v) is 7.10. The predicted octanol–water partition coefficient (Wildman–Crippen LogP) is 4.49. The SMILES string of the molecule is O=C(NC(=S)Nc1ccc(Cl)cc1C(F)(F)F)c1ccccc1. The molecule has 0 aliphatic rings. The summed E-state index contributed by atoms with van der Waals surface area (Å²) in [5.41, 5.74) is -0.926. The van der Waals surface area contributed by atoms with E-state index in [1.807, 2.05) is 0 Å². The summed E-state index contributed by atoms with van der Waals surface area (Å²) >= 11 is 10.5. The Hall–Kier alpha value is -2.12. The third kappa shape index (κ3) is 4.67. The van der Waals surface area contributed by atoms with E-state index in [0.717, 1.165) is 12.1 Å². The number of thiocarbonyl (C=S) groups is 1. The molecule has 1 amide bonds. The molecule has 0 unspecified atom stereocenters. The lowest BCUT2D eigenvalue weighted by atomic mass is 10.1. The Balaban J connectivity index is 2.13. The van der Waals surface area contributed by atoms with Crippen LogP contribution in [0, 0.1) is 0 Å². The Morgan fingerprint density at radius 3 is 2.35 bits per heavy atom. The molecule has 0 saturated heterocycles. The van der Waals surface area contributed by atoms with Crippen LogP contribution in [0.2, 0.25) is 5.02 Å². The van der Waals surface area contributed by atoms with Crippen molar-refractivity contribution in [2.45, 2.75) is 6.18 Å². The Morgan fingerprint density at radius 1 is 1.09 bits per heavy atom. The van der Waals surface area contributed by atoms with Crippen LogP contribution in [0.3, 0.4) is 0 Å². The molecule has 0 heterocycles. The maximum Gasteiger partial charge on any atom is 0.418 e. The van der Waals surface area contributed by atoms with E-state index in [0.29, 0.717) is 5.56 Å². The summed E-state index contributed by atoms with van der Waals surface area (Å²) < 4.78 is 38.9. The van der Waals surface area contributed by atoms with Gasteiger partial charge in [-0.05, 0) is 42.5 Å². The zero-order chi connectivity index (χ0) is 17.0. The molecule has 0 aliphatic heterocycles. The minimum absolute atomic E-state index is 0.0536. The number of carbonyl (C=O) groups excluding carboxylic acids is 1. The van der Waals surface area contributed by atoms with Gasteiger partial charge in [-0.15, -0.1) is 0 Å². The lowest BCUT2D eigenvalue weighted by molar-refractivity contribution is -0.136. The number of rotatable bonds is 2. The molecular weight excluding hydrogens is 349 g/mol. The van der Waals surface area contributed by atoms with Crippen LogP contribution in [0.5, 0.6) is 0 Å². The average molecular weight is 359 g/mol. The molecule has 0 radical (unpaired) electrons. The molecular formula is C15H10ClF3N2OS. The molecule has 0 fully saturated rings. The number of alkyl halides is 3. The van der Waals surface area contributed by atoms with Crippen LogP contribution >= 0.6 is 23.8 Å². The summed E-state index contributed by atoms with van der Waals surface area (Å²) in [5, 5.41) is 4.39. The molecule has 0 aromatic heterocycles. The van der Waals surface area contributed by atoms with Crippen molar-refractivity contribution in [1.29, 1.82) is 0 Å². The molecule has 0 spiro atoms. The minimum atomic E-state index is -4.60. The monoisotopic (exact) mass is 358 g/mol. The van der Waals surface area contributed by atoms with Gasteiger partial charge in [-0.3, -0.25) is 10.1 Å². The number of nitrogens with one attached hydrogen (secondary N) is 2. The van der Waals surface area contributed by atoms with Crippen LogP contribution in [0.1, 0.15) is 15.9 Å². The normalized spacial score (nSPS) is 11.0. The van der Waals surface area contributed by atoms with Crippen molar-refractivity contribution >= 4 is 40.5 Å². The molecule has 2 rings (SSSR count). The molecule has 0 saturated carbocycles. The Morgan fingerprint density at radius 2 is 1.74 bits per heavy atom. The molecule has 23 heavy (non-hydrogen) atoms. The fourth-order valence-corrected chi connectivity index (χ4v) is 2.15. The predicted molar refractivity (Wildman–Crippen MR) is 86.6 cm³/mol. The maximum absolute atomic E-state index is 13.0. The van der Waals surface area contributed by atoms with Crippen molar-refractivity contribution in [2.75, 3.05) is 5.32 Å². The van der Waals surface area contributed by atoms with Crippen molar-refractivity contribution in [3.8, 4) is 0 Å². The first kappa shape index (κ1) is 17.2. The van der Waals surface area contributed by atoms with E-state index in [1.54, 1.807) is 30.3 Å². The number of anilines is 1. The smallest absolute Gasteiger partial charge is 0.332 e. The van der Waals surface area contributed by atoms with Gasteiger partial charge >= 0.3 is 6.18 Å². The third-order valence-electron chi connectivity index (χ3n) is 2.80. The van der Waals surface area contributed by atoms with Gasteiger partial charge in [-0.1, -0.05) is 29.8 Å². The van der Waals surface area contributed by atoms with E-state index in [4.69, 9.17) is 23.8 Å². The molecule has 8 heteroatoms. The van der Waals surface area contributed by atoms with E-state index in [9.17, 15) is 18.0 Å². The van der Waals surface area contributed by atoms with Crippen LogP contribution in [0.15, 0.2) is 48.5 Å². The van der Waals surface area contributed by atoms with Gasteiger partial charge in [-0.25, -0.2) is 0 Å². The van der Waals surface area contributed by atoms with Gasteiger partial charge in [0.05, 0.1) is 11.3 Å². The van der Waals surface area contributed by atoms with Gasteiger partial charge in [0, 0.05) is 10.6 Å². The van der Waals surface area contributed by atoms with E-state index >= 15 is 0 Å². The Kier molecular flexibility index (Phi) is 5.23. The van der Waals surface area contributed by atoms with Crippen molar-refractivity contribution in [3.05, 3.63) is 64.7 Å². The number of carbonyl (C=O) groups is 1. The fourth-order valence-electron chi connectivity index (χ4n) is 1.78. The molecule has 2 aromatic rings. The average Bonchev–Trinajstić information content (AvgIpc) is 2.49. The summed E-state index contributed by atoms with van der Waals surface area (Å²) in [6.45, 7) is 0. The largest absolute Gasteiger partial charge is 0.418 e. The maximum atomic E-state index is 13.0. The van der Waals surface area contributed by atoms with Crippen molar-refractivity contribution in [1.82, 2.24) is 5.32 Å². The first-order valence-electron chi connectivity index (χ1n) is 6.31. The molecule has 0 aliphatic carbocycles. The molecule has 0 bridgehead atoms. The summed E-state index contributed by atoms with van der Waals surface area (Å²) in [6.07, 6.45) is -4.60. The van der Waals surface area contributed by atoms with Gasteiger partial charge in [-0.2, -0.15) is 13.2 Å². The molecule has 3 nitrogen and oxygen atoms in total. The number of amides is 1. The highest BCUT2D eigenvalue weighted by molar-refractivity contribution is 7.80. The van der Waals surface area contributed by atoms with Gasteiger partial charge in [0.15, 0.2) is 5.11 Å². The van der Waals surface area contributed by atoms with E-state index in [-0.39, 0.29) is 15.8 Å². The second-order valence-corrected chi connectivity index (χ2v) is 5.31. The van der Waals surface area contributed by atoms with Gasteiger partial charge in [0.25, 0.3) is 5.91 Å². The van der Waals surface area contributed by atoms with E-state index in [1.165, 1.54) is 6.07 Å². The second-order valence-electron chi connectivity index (χ2n) is 4.46. The highest BCUT2D eigenvalue weighted by Crippen LogP contribution is 2.36. The molecule has 0 atom stereocenters. The molecule has 120 valence electrons. The number of hydrogen-bond donors (Lipinski definition) is 2. The molecule has 2 aromatic carbocycles. The molecule has 2 N–H and O–H groups in total. The number of hydrogen-bond acceptors (Lipinski definition) is 2. The van der Waals surface area contributed by atoms with Gasteiger partial charge in [0.2, 0.25) is 0 Å². The fraction of sp³-hybridized carbons (Fsp3) is 0.0667. The van der Waals surface area contributed by atoms with Crippen LogP contribution in [-0.2, 0) is 6.18 Å². The first-order chi connectivity index (χ1) is 10.8. The third-order valence-corrected chi connectivity index (χ3v) is 3.24. The van der Waals surface area contributed by atoms with E-state index in [2.05, 4.69) is 10.6 Å². The van der Waals surface area contributed by atoms with Gasteiger partial charge in [0.1, 0.15) is 0 Å². The van der Waals surface area contributed by atoms with Crippen molar-refractivity contribution < 1.29 is 18.0 Å². The summed E-state index contributed by atoms with van der Waals surface area (Å²) in [4.78, 5) is 11.9. The Labute approximate surface area is 140 Å². The quantitative estimate of drug-likeness (QED) is 0.777. The number of benzene rings is 2. The zero-order valence-electron chi connectivity index (χ0n) is 11.4. The second kappa shape index (κ2) is 6.97. The highest BCUT2D eigenvalue weighted by atomic mass is 35.5. The lowest BCUT2D eigenvalue weighted by Crippen LogP contribution is -2.34. The summed E-state index contributed by atoms with van der Waals surface area (Å²) in [7, 11) is 0.